The first-order valence-corrected chi connectivity index (χ1v) is 6.63. The van der Waals surface area contributed by atoms with E-state index in [1.54, 1.807) is 6.07 Å². The van der Waals surface area contributed by atoms with E-state index in [4.69, 9.17) is 5.11 Å². The van der Waals surface area contributed by atoms with Crippen molar-refractivity contribution in [1.82, 2.24) is 0 Å². The second-order valence-corrected chi connectivity index (χ2v) is 6.38. The first-order valence-electron chi connectivity index (χ1n) is 5.82. The molecule has 3 heteroatoms. The maximum Gasteiger partial charge on any atom is 0.345 e. The molecule has 2 rings (SSSR count). The van der Waals surface area contributed by atoms with E-state index in [1.807, 2.05) is 6.07 Å². The molecule has 94 valence electrons. The average Bonchev–Trinajstić information content (AvgIpc) is 2.77. The van der Waals surface area contributed by atoms with Crippen molar-refractivity contribution in [2.75, 3.05) is 0 Å². The van der Waals surface area contributed by atoms with Gasteiger partial charge in [0.1, 0.15) is 4.88 Å². The number of hydrogen-bond donors (Lipinski definition) is 1. The maximum absolute atomic E-state index is 10.8. The fourth-order valence-electron chi connectivity index (χ4n) is 1.74. The molecule has 1 aromatic heterocycles. The zero-order chi connectivity index (χ0) is 13.3. The highest BCUT2D eigenvalue weighted by Crippen LogP contribution is 2.30. The van der Waals surface area contributed by atoms with Gasteiger partial charge in [-0.1, -0.05) is 45.0 Å². The van der Waals surface area contributed by atoms with Crippen LogP contribution in [-0.4, -0.2) is 11.1 Å². The SMILES string of the molecule is CC(C)(C)c1ccc(-c2ccc(C(=O)O)s2)cc1. The summed E-state index contributed by atoms with van der Waals surface area (Å²) in [5, 5.41) is 8.91. The van der Waals surface area contributed by atoms with E-state index in [0.29, 0.717) is 4.88 Å². The van der Waals surface area contributed by atoms with Crippen LogP contribution in [0.1, 0.15) is 36.0 Å². The fourth-order valence-corrected chi connectivity index (χ4v) is 2.59. The monoisotopic (exact) mass is 260 g/mol. The number of hydrogen-bond acceptors (Lipinski definition) is 2. The lowest BCUT2D eigenvalue weighted by Crippen LogP contribution is -2.10. The summed E-state index contributed by atoms with van der Waals surface area (Å²) in [6.07, 6.45) is 0. The Labute approximate surface area is 111 Å². The van der Waals surface area contributed by atoms with Crippen LogP contribution in [0.15, 0.2) is 36.4 Å². The van der Waals surface area contributed by atoms with Gasteiger partial charge in [0.05, 0.1) is 0 Å². The third kappa shape index (κ3) is 2.62. The molecule has 0 amide bonds. The molecule has 0 fully saturated rings. The van der Waals surface area contributed by atoms with Crippen molar-refractivity contribution in [3.63, 3.8) is 0 Å². The second kappa shape index (κ2) is 4.58. The second-order valence-electron chi connectivity index (χ2n) is 5.30. The van der Waals surface area contributed by atoms with Crippen molar-refractivity contribution in [2.45, 2.75) is 26.2 Å². The number of aromatic carboxylic acids is 1. The molecule has 0 saturated heterocycles. The van der Waals surface area contributed by atoms with Crippen LogP contribution in [0.3, 0.4) is 0 Å². The average molecular weight is 260 g/mol. The molecule has 1 aromatic carbocycles. The van der Waals surface area contributed by atoms with Crippen LogP contribution >= 0.6 is 11.3 Å². The molecule has 1 N–H and O–H groups in total. The predicted molar refractivity (Wildman–Crippen MR) is 75.4 cm³/mol. The first kappa shape index (κ1) is 12.8. The van der Waals surface area contributed by atoms with Crippen LogP contribution in [0.25, 0.3) is 10.4 Å². The Hall–Kier alpha value is -1.61. The summed E-state index contributed by atoms with van der Waals surface area (Å²) in [4.78, 5) is 12.2. The van der Waals surface area contributed by atoms with Gasteiger partial charge in [-0.05, 0) is 28.7 Å². The Balaban J connectivity index is 2.31. The van der Waals surface area contributed by atoms with Crippen molar-refractivity contribution in [3.8, 4) is 10.4 Å². The molecule has 18 heavy (non-hydrogen) atoms. The van der Waals surface area contributed by atoms with E-state index in [0.717, 1.165) is 10.4 Å². The normalized spacial score (nSPS) is 11.5. The van der Waals surface area contributed by atoms with Crippen LogP contribution in [0, 0.1) is 0 Å². The minimum atomic E-state index is -0.863. The molecule has 1 heterocycles. The van der Waals surface area contributed by atoms with E-state index in [9.17, 15) is 4.79 Å². The van der Waals surface area contributed by atoms with Crippen molar-refractivity contribution >= 4 is 17.3 Å². The summed E-state index contributed by atoms with van der Waals surface area (Å²) >= 11 is 1.31. The van der Waals surface area contributed by atoms with Gasteiger partial charge >= 0.3 is 5.97 Å². The summed E-state index contributed by atoms with van der Waals surface area (Å²) in [7, 11) is 0. The molecule has 2 aromatic rings. The number of rotatable bonds is 2. The standard InChI is InChI=1S/C15H16O2S/c1-15(2,3)11-6-4-10(5-7-11)12-8-9-13(18-12)14(16)17/h4-9H,1-3H3,(H,16,17). The molecular weight excluding hydrogens is 244 g/mol. The van der Waals surface area contributed by atoms with E-state index >= 15 is 0 Å². The largest absolute Gasteiger partial charge is 0.477 e. The number of benzene rings is 1. The molecule has 0 aliphatic rings. The molecule has 2 nitrogen and oxygen atoms in total. The first-order chi connectivity index (χ1) is 8.38. The molecule has 0 unspecified atom stereocenters. The summed E-state index contributed by atoms with van der Waals surface area (Å²) in [5.41, 5.74) is 2.49. The number of carboxylic acid groups (broad SMARTS) is 1. The predicted octanol–water partition coefficient (Wildman–Crippen LogP) is 4.41. The zero-order valence-electron chi connectivity index (χ0n) is 10.7. The summed E-state index contributed by atoms with van der Waals surface area (Å²) < 4.78 is 0. The molecule has 0 spiro atoms. The van der Waals surface area contributed by atoms with Crippen molar-refractivity contribution < 1.29 is 9.90 Å². The molecule has 0 aliphatic carbocycles. The number of carboxylic acids is 1. The minimum Gasteiger partial charge on any atom is -0.477 e. The quantitative estimate of drug-likeness (QED) is 0.868. The topological polar surface area (TPSA) is 37.3 Å². The zero-order valence-corrected chi connectivity index (χ0v) is 11.5. The van der Waals surface area contributed by atoms with Gasteiger partial charge < -0.3 is 5.11 Å². The Morgan fingerprint density at radius 2 is 1.67 bits per heavy atom. The van der Waals surface area contributed by atoms with Crippen LogP contribution < -0.4 is 0 Å². The van der Waals surface area contributed by atoms with Gasteiger partial charge in [-0.2, -0.15) is 0 Å². The Morgan fingerprint density at radius 3 is 2.11 bits per heavy atom. The van der Waals surface area contributed by atoms with Crippen molar-refractivity contribution in [3.05, 3.63) is 46.8 Å². The smallest absolute Gasteiger partial charge is 0.345 e. The third-order valence-electron chi connectivity index (χ3n) is 2.85. The van der Waals surface area contributed by atoms with Crippen molar-refractivity contribution in [2.24, 2.45) is 0 Å². The van der Waals surface area contributed by atoms with Crippen LogP contribution in [0.4, 0.5) is 0 Å². The minimum absolute atomic E-state index is 0.139. The lowest BCUT2D eigenvalue weighted by atomic mass is 9.86. The van der Waals surface area contributed by atoms with Crippen LogP contribution in [-0.2, 0) is 5.41 Å². The van der Waals surface area contributed by atoms with Gasteiger partial charge in [0.25, 0.3) is 0 Å². The highest BCUT2D eigenvalue weighted by molar-refractivity contribution is 7.17. The van der Waals surface area contributed by atoms with E-state index < -0.39 is 5.97 Å². The molecular formula is C15H16O2S. The third-order valence-corrected chi connectivity index (χ3v) is 3.97. The molecule has 0 bridgehead atoms. The van der Waals surface area contributed by atoms with Gasteiger partial charge in [-0.25, -0.2) is 4.79 Å². The molecule has 0 radical (unpaired) electrons. The van der Waals surface area contributed by atoms with Gasteiger partial charge in [0.2, 0.25) is 0 Å². The van der Waals surface area contributed by atoms with Gasteiger partial charge in [-0.15, -0.1) is 11.3 Å². The number of carbonyl (C=O) groups is 1. The number of thiophene rings is 1. The molecule has 0 saturated carbocycles. The van der Waals surface area contributed by atoms with Crippen LogP contribution in [0.5, 0.6) is 0 Å². The highest BCUT2D eigenvalue weighted by atomic mass is 32.1. The lowest BCUT2D eigenvalue weighted by Gasteiger charge is -2.18. The van der Waals surface area contributed by atoms with E-state index in [2.05, 4.69) is 45.0 Å². The Morgan fingerprint density at radius 1 is 1.06 bits per heavy atom. The van der Waals surface area contributed by atoms with Gasteiger partial charge in [0, 0.05) is 4.88 Å². The summed E-state index contributed by atoms with van der Waals surface area (Å²) in [5.74, 6) is -0.863. The lowest BCUT2D eigenvalue weighted by molar-refractivity contribution is 0.0702. The van der Waals surface area contributed by atoms with E-state index in [1.165, 1.54) is 16.9 Å². The van der Waals surface area contributed by atoms with Crippen molar-refractivity contribution in [1.29, 1.82) is 0 Å². The van der Waals surface area contributed by atoms with Crippen LogP contribution in [0.2, 0.25) is 0 Å². The van der Waals surface area contributed by atoms with E-state index in [-0.39, 0.29) is 5.41 Å². The maximum atomic E-state index is 10.8. The highest BCUT2D eigenvalue weighted by Gasteiger charge is 2.14. The molecule has 0 aliphatic heterocycles. The summed E-state index contributed by atoms with van der Waals surface area (Å²) in [6.45, 7) is 6.53. The summed E-state index contributed by atoms with van der Waals surface area (Å²) in [6, 6.07) is 11.8. The Bertz CT molecular complexity index is 559. The fraction of sp³-hybridized carbons (Fsp3) is 0.267. The van der Waals surface area contributed by atoms with Gasteiger partial charge in [-0.3, -0.25) is 0 Å². The molecule has 0 atom stereocenters. The Kier molecular flexibility index (Phi) is 3.26. The van der Waals surface area contributed by atoms with Gasteiger partial charge in [0.15, 0.2) is 0 Å².